The monoisotopic (exact) mass is 506 g/mol. The van der Waals surface area contributed by atoms with Gasteiger partial charge in [-0.05, 0) is 62.4 Å². The molecular formula is C22H20Cl2N4O2S2. The number of hydrogen-bond acceptors (Lipinski definition) is 8. The van der Waals surface area contributed by atoms with Crippen molar-refractivity contribution in [2.24, 2.45) is 9.98 Å². The Morgan fingerprint density at radius 1 is 0.750 bits per heavy atom. The van der Waals surface area contributed by atoms with E-state index in [2.05, 4.69) is 0 Å². The molecule has 32 heavy (non-hydrogen) atoms. The zero-order valence-corrected chi connectivity index (χ0v) is 20.5. The van der Waals surface area contributed by atoms with Crippen molar-refractivity contribution in [1.29, 1.82) is 0 Å². The van der Waals surface area contributed by atoms with Gasteiger partial charge in [-0.3, -0.25) is 9.59 Å². The molecule has 166 valence electrons. The van der Waals surface area contributed by atoms with Gasteiger partial charge in [-0.2, -0.15) is 0 Å². The summed E-state index contributed by atoms with van der Waals surface area (Å²) in [7, 11) is 0. The van der Waals surface area contributed by atoms with Crippen LogP contribution in [0.15, 0.2) is 58.5 Å². The molecule has 2 aromatic carbocycles. The molecular weight excluding hydrogens is 487 g/mol. The third kappa shape index (κ3) is 4.98. The minimum atomic E-state index is -0.162. The summed E-state index contributed by atoms with van der Waals surface area (Å²) in [5, 5.41) is 6.66. The van der Waals surface area contributed by atoms with Gasteiger partial charge in [0.25, 0.3) is 0 Å². The van der Waals surface area contributed by atoms with Crippen LogP contribution in [0.3, 0.4) is 0 Å². The van der Waals surface area contributed by atoms with Crippen LogP contribution in [0.2, 0.25) is 10.0 Å². The number of rotatable bonds is 6. The molecule has 0 aliphatic carbocycles. The second-order valence-corrected chi connectivity index (χ2v) is 9.97. The maximum Gasteiger partial charge on any atom is 0.183 e. The van der Waals surface area contributed by atoms with Gasteiger partial charge in [0, 0.05) is 21.2 Å². The van der Waals surface area contributed by atoms with E-state index in [1.54, 1.807) is 48.5 Å². The second kappa shape index (κ2) is 9.87. The molecule has 0 saturated heterocycles. The SMILES string of the molecule is C[C@@H]1N=C(SCC(=O)c2ccc(Cl)cc2)N2[C@@H](C)N=C(SCC(=O)c3ccc(Cl)cc3)N12. The lowest BCUT2D eigenvalue weighted by atomic mass is 10.1. The standard InChI is InChI=1S/C22H20Cl2N4O2S2/c1-13-25-21(31-11-19(29)15-3-7-17(23)8-4-15)28-14(2)26-22(27(13)28)32-12-20(30)16-5-9-18(24)10-6-16/h3-10,13-14H,11-12H2,1-2H3/t13-,14+. The fraction of sp³-hybridized carbons (Fsp3) is 0.273. The molecule has 0 N–H and O–H groups in total. The van der Waals surface area contributed by atoms with Crippen molar-refractivity contribution in [2.45, 2.75) is 26.2 Å². The molecule has 2 heterocycles. The molecule has 0 bridgehead atoms. The first-order chi connectivity index (χ1) is 15.3. The fourth-order valence-corrected chi connectivity index (χ4v) is 5.62. The fourth-order valence-electron chi connectivity index (χ4n) is 3.32. The molecule has 10 heteroatoms. The van der Waals surface area contributed by atoms with Crippen LogP contribution in [0, 0.1) is 0 Å². The van der Waals surface area contributed by atoms with Crippen molar-refractivity contribution in [3.8, 4) is 0 Å². The summed E-state index contributed by atoms with van der Waals surface area (Å²) in [6, 6.07) is 13.7. The Hall–Kier alpha value is -2.00. The van der Waals surface area contributed by atoms with Crippen molar-refractivity contribution in [3.05, 3.63) is 69.7 Å². The van der Waals surface area contributed by atoms with Crippen LogP contribution < -0.4 is 0 Å². The first-order valence-electron chi connectivity index (χ1n) is 9.90. The molecule has 0 amide bonds. The van der Waals surface area contributed by atoms with E-state index in [4.69, 9.17) is 33.2 Å². The summed E-state index contributed by atoms with van der Waals surface area (Å²) in [5.41, 5.74) is 1.24. The Morgan fingerprint density at radius 2 is 1.09 bits per heavy atom. The summed E-state index contributed by atoms with van der Waals surface area (Å²) in [4.78, 5) is 34.5. The number of amidine groups is 2. The maximum atomic E-state index is 12.5. The molecule has 2 aliphatic rings. The Kier molecular flexibility index (Phi) is 7.14. The van der Waals surface area contributed by atoms with E-state index in [0.29, 0.717) is 21.2 Å². The summed E-state index contributed by atoms with van der Waals surface area (Å²) in [6.45, 7) is 3.94. The molecule has 0 aromatic heterocycles. The lowest BCUT2D eigenvalue weighted by Crippen LogP contribution is -2.44. The van der Waals surface area contributed by atoms with Gasteiger partial charge in [-0.25, -0.2) is 20.0 Å². The highest BCUT2D eigenvalue weighted by Gasteiger charge is 2.42. The minimum Gasteiger partial charge on any atom is -0.293 e. The lowest BCUT2D eigenvalue weighted by Gasteiger charge is -2.29. The molecule has 2 aromatic rings. The number of fused-ring (bicyclic) bond motifs is 1. The third-order valence-corrected chi connectivity index (χ3v) is 7.34. The van der Waals surface area contributed by atoms with Gasteiger partial charge < -0.3 is 0 Å². The van der Waals surface area contributed by atoms with Crippen molar-refractivity contribution in [3.63, 3.8) is 0 Å². The number of Topliss-reactive ketones (excluding diaryl/α,β-unsaturated/α-hetero) is 2. The van der Waals surface area contributed by atoms with E-state index >= 15 is 0 Å². The summed E-state index contributed by atoms with van der Waals surface area (Å²) < 4.78 is 0. The number of halogens is 2. The predicted molar refractivity (Wildman–Crippen MR) is 134 cm³/mol. The van der Waals surface area contributed by atoms with Crippen molar-refractivity contribution < 1.29 is 9.59 Å². The molecule has 4 rings (SSSR count). The summed E-state index contributed by atoms with van der Waals surface area (Å²) in [5.74, 6) is 0.552. The topological polar surface area (TPSA) is 65.3 Å². The quantitative estimate of drug-likeness (QED) is 0.483. The highest BCUT2D eigenvalue weighted by molar-refractivity contribution is 8.15. The summed E-state index contributed by atoms with van der Waals surface area (Å²) >= 11 is 14.6. The van der Waals surface area contributed by atoms with Gasteiger partial charge in [0.2, 0.25) is 0 Å². The van der Waals surface area contributed by atoms with Gasteiger partial charge in [-0.1, -0.05) is 46.7 Å². The third-order valence-electron chi connectivity index (χ3n) is 4.92. The number of carbonyl (C=O) groups is 2. The highest BCUT2D eigenvalue weighted by Crippen LogP contribution is 2.34. The first-order valence-corrected chi connectivity index (χ1v) is 12.6. The van der Waals surface area contributed by atoms with Crippen molar-refractivity contribution in [2.75, 3.05) is 11.5 Å². The molecule has 2 atom stereocenters. The Morgan fingerprint density at radius 3 is 1.44 bits per heavy atom. The average Bonchev–Trinajstić information content (AvgIpc) is 3.29. The van der Waals surface area contributed by atoms with E-state index < -0.39 is 0 Å². The number of carbonyl (C=O) groups excluding carboxylic acids is 2. The first kappa shape index (κ1) is 23.2. The van der Waals surface area contributed by atoms with Crippen LogP contribution >= 0.6 is 46.7 Å². The van der Waals surface area contributed by atoms with Crippen LogP contribution in [0.25, 0.3) is 0 Å². The van der Waals surface area contributed by atoms with E-state index in [0.717, 1.165) is 10.3 Å². The molecule has 0 fully saturated rings. The second-order valence-electron chi connectivity index (χ2n) is 7.21. The predicted octanol–water partition coefficient (Wildman–Crippen LogP) is 5.48. The highest BCUT2D eigenvalue weighted by atomic mass is 35.5. The van der Waals surface area contributed by atoms with Crippen LogP contribution in [0.5, 0.6) is 0 Å². The van der Waals surface area contributed by atoms with E-state index in [-0.39, 0.29) is 35.4 Å². The van der Waals surface area contributed by atoms with Crippen LogP contribution in [0.1, 0.15) is 34.6 Å². The van der Waals surface area contributed by atoms with Crippen LogP contribution in [0.4, 0.5) is 0 Å². The van der Waals surface area contributed by atoms with Crippen molar-refractivity contribution >= 4 is 68.6 Å². The molecule has 6 nitrogen and oxygen atoms in total. The van der Waals surface area contributed by atoms with E-state index in [1.807, 2.05) is 23.9 Å². The van der Waals surface area contributed by atoms with Crippen LogP contribution in [-0.4, -0.2) is 55.8 Å². The smallest absolute Gasteiger partial charge is 0.183 e. The van der Waals surface area contributed by atoms with Crippen molar-refractivity contribution in [1.82, 2.24) is 10.0 Å². The minimum absolute atomic E-state index is 0.0106. The Bertz CT molecular complexity index is 1000. The Labute approximate surface area is 205 Å². The zero-order valence-electron chi connectivity index (χ0n) is 17.4. The van der Waals surface area contributed by atoms with Gasteiger partial charge in [0.05, 0.1) is 11.5 Å². The molecule has 2 aliphatic heterocycles. The summed E-state index contributed by atoms with van der Waals surface area (Å²) in [6.07, 6.45) is -0.324. The number of nitrogens with zero attached hydrogens (tertiary/aromatic N) is 4. The lowest BCUT2D eigenvalue weighted by molar-refractivity contribution is 0.101. The maximum absolute atomic E-state index is 12.5. The van der Waals surface area contributed by atoms with Gasteiger partial charge >= 0.3 is 0 Å². The van der Waals surface area contributed by atoms with Crippen LogP contribution in [-0.2, 0) is 0 Å². The molecule has 0 radical (unpaired) electrons. The molecule has 0 spiro atoms. The average molecular weight is 507 g/mol. The number of benzene rings is 2. The number of ketones is 2. The normalized spacial score (nSPS) is 19.6. The van der Waals surface area contributed by atoms with Gasteiger partial charge in [0.15, 0.2) is 21.9 Å². The number of thioether (sulfide) groups is 2. The number of hydrogen-bond donors (Lipinski definition) is 0. The number of hydrazine groups is 1. The van der Waals surface area contributed by atoms with E-state index in [1.165, 1.54) is 23.5 Å². The van der Waals surface area contributed by atoms with Gasteiger partial charge in [-0.15, -0.1) is 0 Å². The zero-order chi connectivity index (χ0) is 22.8. The Balaban J connectivity index is 1.36. The largest absolute Gasteiger partial charge is 0.293 e. The van der Waals surface area contributed by atoms with E-state index in [9.17, 15) is 9.59 Å². The number of aliphatic imine (C=N–C) groups is 2. The molecule has 0 unspecified atom stereocenters. The van der Waals surface area contributed by atoms with Gasteiger partial charge in [0.1, 0.15) is 12.3 Å². The molecule has 0 saturated carbocycles.